The Balaban J connectivity index is 1.05. The standard InChI is InChI=1S/C58H35N/c1-2-16-36(17-3-1)53-41-20-4-6-22-43(41)54(44-23-7-5-21-42(44)53)37-30-32-38(33-31-37)57-47-34-35-51-56(55(47)46-25-11-15-29-52(46)59-57)45-24-10-14-28-50(45)58(51)48-26-12-8-18-39(48)40-19-9-13-27-49(40)58/h1-35H. The molecule has 0 saturated heterocycles. The highest BCUT2D eigenvalue weighted by molar-refractivity contribution is 6.22. The van der Waals surface area contributed by atoms with E-state index in [0.717, 1.165) is 16.8 Å². The molecule has 1 heteroatoms. The topological polar surface area (TPSA) is 12.9 Å². The van der Waals surface area contributed by atoms with Crippen molar-refractivity contribution >= 4 is 43.2 Å². The molecule has 272 valence electrons. The van der Waals surface area contributed by atoms with Crippen LogP contribution in [0.2, 0.25) is 0 Å². The van der Waals surface area contributed by atoms with Crippen LogP contribution in [0.25, 0.3) is 99.0 Å². The van der Waals surface area contributed by atoms with E-state index in [1.54, 1.807) is 0 Å². The van der Waals surface area contributed by atoms with Crippen LogP contribution in [-0.2, 0) is 5.41 Å². The zero-order valence-electron chi connectivity index (χ0n) is 32.2. The van der Waals surface area contributed by atoms with Crippen LogP contribution in [0.3, 0.4) is 0 Å². The van der Waals surface area contributed by atoms with Gasteiger partial charge in [-0.05, 0) is 94.4 Å². The molecule has 1 aromatic heterocycles. The van der Waals surface area contributed by atoms with Gasteiger partial charge in [-0.15, -0.1) is 0 Å². The fourth-order valence-electron chi connectivity index (χ4n) is 11.0. The van der Waals surface area contributed by atoms with Crippen LogP contribution in [0.1, 0.15) is 22.3 Å². The molecular formula is C58H35N. The van der Waals surface area contributed by atoms with Crippen LogP contribution >= 0.6 is 0 Å². The first-order chi connectivity index (χ1) is 29.3. The monoisotopic (exact) mass is 745 g/mol. The molecule has 2 aliphatic carbocycles. The molecule has 13 rings (SSSR count). The smallest absolute Gasteiger partial charge is 0.0788 e. The van der Waals surface area contributed by atoms with Crippen molar-refractivity contribution in [2.75, 3.05) is 0 Å². The van der Waals surface area contributed by atoms with Gasteiger partial charge < -0.3 is 0 Å². The first kappa shape index (κ1) is 32.5. The van der Waals surface area contributed by atoms with E-state index in [-0.39, 0.29) is 0 Å². The Labute approximate surface area is 342 Å². The maximum absolute atomic E-state index is 5.46. The lowest BCUT2D eigenvalue weighted by molar-refractivity contribution is 0.794. The highest BCUT2D eigenvalue weighted by Gasteiger charge is 2.52. The molecule has 0 aliphatic heterocycles. The van der Waals surface area contributed by atoms with Crippen LogP contribution in [0.5, 0.6) is 0 Å². The summed E-state index contributed by atoms with van der Waals surface area (Å²) < 4.78 is 0. The molecule has 10 aromatic carbocycles. The van der Waals surface area contributed by atoms with Gasteiger partial charge in [-0.25, -0.2) is 4.98 Å². The lowest BCUT2D eigenvalue weighted by Gasteiger charge is -2.30. The van der Waals surface area contributed by atoms with E-state index < -0.39 is 5.41 Å². The van der Waals surface area contributed by atoms with Gasteiger partial charge in [0, 0.05) is 21.7 Å². The van der Waals surface area contributed by atoms with E-state index in [0.29, 0.717) is 0 Å². The number of nitrogens with zero attached hydrogens (tertiary/aromatic N) is 1. The van der Waals surface area contributed by atoms with E-state index in [9.17, 15) is 0 Å². The van der Waals surface area contributed by atoms with Gasteiger partial charge in [0.2, 0.25) is 0 Å². The second-order valence-corrected chi connectivity index (χ2v) is 16.1. The minimum atomic E-state index is -0.402. The van der Waals surface area contributed by atoms with Crippen molar-refractivity contribution in [3.8, 4) is 55.8 Å². The molecule has 0 amide bonds. The Bertz CT molecular complexity index is 3440. The van der Waals surface area contributed by atoms with Crippen molar-refractivity contribution < 1.29 is 0 Å². The van der Waals surface area contributed by atoms with Crippen LogP contribution < -0.4 is 0 Å². The summed E-state index contributed by atoms with van der Waals surface area (Å²) in [6.45, 7) is 0. The Kier molecular flexibility index (Phi) is 6.71. The highest BCUT2D eigenvalue weighted by atomic mass is 14.7. The second kappa shape index (κ2) is 12.2. The quantitative estimate of drug-likeness (QED) is 0.130. The predicted octanol–water partition coefficient (Wildman–Crippen LogP) is 15.0. The normalized spacial score (nSPS) is 13.2. The van der Waals surface area contributed by atoms with Crippen molar-refractivity contribution in [1.29, 1.82) is 0 Å². The second-order valence-electron chi connectivity index (χ2n) is 16.1. The SMILES string of the molecule is c1ccc(-c2c3ccccc3c(-c3ccc(-c4nc5ccccc5c5c6c(ccc45)C4(c5ccccc5-c5ccccc54)c4ccccc4-6)cc3)c3ccccc23)cc1. The van der Waals surface area contributed by atoms with Gasteiger partial charge >= 0.3 is 0 Å². The van der Waals surface area contributed by atoms with Gasteiger partial charge in [0.1, 0.15) is 0 Å². The number of hydrogen-bond donors (Lipinski definition) is 0. The van der Waals surface area contributed by atoms with Crippen molar-refractivity contribution in [3.05, 3.63) is 235 Å². The lowest BCUT2D eigenvalue weighted by atomic mass is 9.70. The zero-order valence-corrected chi connectivity index (χ0v) is 32.2. The van der Waals surface area contributed by atoms with Crippen LogP contribution in [0.4, 0.5) is 0 Å². The molecule has 1 nitrogen and oxygen atoms in total. The van der Waals surface area contributed by atoms with E-state index in [4.69, 9.17) is 4.98 Å². The van der Waals surface area contributed by atoms with Crippen LogP contribution in [0, 0.1) is 0 Å². The largest absolute Gasteiger partial charge is 0.247 e. The van der Waals surface area contributed by atoms with Gasteiger partial charge in [0.15, 0.2) is 0 Å². The highest BCUT2D eigenvalue weighted by Crippen LogP contribution is 2.64. The summed E-state index contributed by atoms with van der Waals surface area (Å²) >= 11 is 0. The molecule has 59 heavy (non-hydrogen) atoms. The molecule has 0 radical (unpaired) electrons. The number of aromatic nitrogens is 1. The Morgan fingerprint density at radius 1 is 0.271 bits per heavy atom. The lowest BCUT2D eigenvalue weighted by Crippen LogP contribution is -2.25. The number of para-hydroxylation sites is 1. The zero-order chi connectivity index (χ0) is 38.7. The van der Waals surface area contributed by atoms with Crippen LogP contribution in [0.15, 0.2) is 212 Å². The summed E-state index contributed by atoms with van der Waals surface area (Å²) in [5.41, 5.74) is 18.4. The predicted molar refractivity (Wildman–Crippen MR) is 247 cm³/mol. The van der Waals surface area contributed by atoms with E-state index in [1.807, 2.05) is 0 Å². The third kappa shape index (κ3) is 4.31. The summed E-state index contributed by atoms with van der Waals surface area (Å²) in [6.07, 6.45) is 0. The summed E-state index contributed by atoms with van der Waals surface area (Å²) in [5, 5.41) is 8.66. The summed E-state index contributed by atoms with van der Waals surface area (Å²) in [6, 6.07) is 78.4. The number of rotatable bonds is 3. The van der Waals surface area contributed by atoms with Gasteiger partial charge in [-0.3, -0.25) is 0 Å². The molecule has 1 spiro atoms. The number of benzene rings is 10. The molecule has 11 aromatic rings. The number of fused-ring (bicyclic) bond motifs is 16. The maximum atomic E-state index is 5.46. The summed E-state index contributed by atoms with van der Waals surface area (Å²) in [5.74, 6) is 0. The molecule has 0 fully saturated rings. The van der Waals surface area contributed by atoms with E-state index >= 15 is 0 Å². The van der Waals surface area contributed by atoms with Crippen molar-refractivity contribution in [2.45, 2.75) is 5.41 Å². The average molecular weight is 746 g/mol. The van der Waals surface area contributed by atoms with Crippen molar-refractivity contribution in [1.82, 2.24) is 4.98 Å². The number of pyridine rings is 1. The fourth-order valence-corrected chi connectivity index (χ4v) is 11.0. The Hall–Kier alpha value is -7.61. The fraction of sp³-hybridized carbons (Fsp3) is 0.0172. The van der Waals surface area contributed by atoms with E-state index in [2.05, 4.69) is 212 Å². The third-order valence-electron chi connectivity index (χ3n) is 13.3. The first-order valence-electron chi connectivity index (χ1n) is 20.6. The number of hydrogen-bond acceptors (Lipinski definition) is 1. The minimum Gasteiger partial charge on any atom is -0.247 e. The first-order valence-corrected chi connectivity index (χ1v) is 20.6. The minimum absolute atomic E-state index is 0.402. The third-order valence-corrected chi connectivity index (χ3v) is 13.3. The van der Waals surface area contributed by atoms with Gasteiger partial charge in [0.25, 0.3) is 0 Å². The van der Waals surface area contributed by atoms with Crippen molar-refractivity contribution in [2.24, 2.45) is 0 Å². The summed E-state index contributed by atoms with van der Waals surface area (Å²) in [4.78, 5) is 5.46. The molecular weight excluding hydrogens is 711 g/mol. The molecule has 2 aliphatic rings. The molecule has 0 bridgehead atoms. The molecule has 0 unspecified atom stereocenters. The molecule has 0 N–H and O–H groups in total. The Morgan fingerprint density at radius 3 is 1.31 bits per heavy atom. The maximum Gasteiger partial charge on any atom is 0.0788 e. The molecule has 0 saturated carbocycles. The van der Waals surface area contributed by atoms with Crippen molar-refractivity contribution in [3.63, 3.8) is 0 Å². The van der Waals surface area contributed by atoms with Gasteiger partial charge in [-0.1, -0.05) is 206 Å². The average Bonchev–Trinajstić information content (AvgIpc) is 3.78. The Morgan fingerprint density at radius 2 is 0.712 bits per heavy atom. The van der Waals surface area contributed by atoms with Crippen LogP contribution in [-0.4, -0.2) is 4.98 Å². The molecule has 1 heterocycles. The van der Waals surface area contributed by atoms with Gasteiger partial charge in [0.05, 0.1) is 16.6 Å². The molecule has 0 atom stereocenters. The summed E-state index contributed by atoms with van der Waals surface area (Å²) in [7, 11) is 0. The van der Waals surface area contributed by atoms with Gasteiger partial charge in [-0.2, -0.15) is 0 Å². The van der Waals surface area contributed by atoms with E-state index in [1.165, 1.54) is 104 Å².